The number of ketones is 1. The lowest BCUT2D eigenvalue weighted by atomic mass is 10.0. The smallest absolute Gasteiger partial charge is 0.231 e. The highest BCUT2D eigenvalue weighted by Crippen LogP contribution is 2.42. The van der Waals surface area contributed by atoms with Gasteiger partial charge in [-0.3, -0.25) is 9.69 Å². The van der Waals surface area contributed by atoms with Gasteiger partial charge in [-0.15, -0.1) is 0 Å². The van der Waals surface area contributed by atoms with E-state index >= 15 is 0 Å². The molecule has 0 unspecified atom stereocenters. The Labute approximate surface area is 203 Å². The van der Waals surface area contributed by atoms with Crippen molar-refractivity contribution in [2.75, 3.05) is 27.5 Å². The molecule has 2 aliphatic heterocycles. The Balaban J connectivity index is 1.33. The first kappa shape index (κ1) is 22.3. The van der Waals surface area contributed by atoms with Gasteiger partial charge in [-0.05, 0) is 60.0 Å². The number of halogens is 1. The second-order valence-corrected chi connectivity index (χ2v) is 8.62. The fourth-order valence-corrected chi connectivity index (χ4v) is 4.42. The Hall–Kier alpha value is -3.48. The van der Waals surface area contributed by atoms with Crippen molar-refractivity contribution in [3.63, 3.8) is 0 Å². The van der Waals surface area contributed by atoms with Gasteiger partial charge in [0, 0.05) is 18.1 Å². The molecule has 6 nitrogen and oxygen atoms in total. The summed E-state index contributed by atoms with van der Waals surface area (Å²) < 4.78 is 22.8. The van der Waals surface area contributed by atoms with Gasteiger partial charge in [0.2, 0.25) is 5.78 Å². The summed E-state index contributed by atoms with van der Waals surface area (Å²) in [6.07, 6.45) is 2.53. The average molecular weight is 478 g/mol. The van der Waals surface area contributed by atoms with Crippen molar-refractivity contribution in [2.45, 2.75) is 13.0 Å². The van der Waals surface area contributed by atoms with Crippen LogP contribution in [-0.4, -0.2) is 38.2 Å². The molecule has 0 aliphatic carbocycles. The fourth-order valence-electron chi connectivity index (χ4n) is 4.22. The monoisotopic (exact) mass is 477 g/mol. The first-order valence-electron chi connectivity index (χ1n) is 11.0. The Kier molecular flexibility index (Phi) is 6.18. The number of methoxy groups -OCH3 is 2. The predicted molar refractivity (Wildman–Crippen MR) is 130 cm³/mol. The molecule has 2 heterocycles. The highest BCUT2D eigenvalue weighted by molar-refractivity contribution is 6.30. The molecule has 0 aromatic heterocycles. The summed E-state index contributed by atoms with van der Waals surface area (Å²) in [6, 6.07) is 16.9. The molecule has 0 amide bonds. The Morgan fingerprint density at radius 3 is 2.71 bits per heavy atom. The van der Waals surface area contributed by atoms with Crippen molar-refractivity contribution in [3.8, 4) is 23.0 Å². The lowest BCUT2D eigenvalue weighted by molar-refractivity contribution is 0.0949. The van der Waals surface area contributed by atoms with Crippen LogP contribution >= 0.6 is 11.6 Å². The number of benzene rings is 3. The molecule has 0 N–H and O–H groups in total. The molecule has 0 saturated carbocycles. The van der Waals surface area contributed by atoms with Crippen LogP contribution in [0, 0.1) is 0 Å². The maximum atomic E-state index is 13.0. The van der Waals surface area contributed by atoms with Crippen LogP contribution < -0.4 is 18.9 Å². The summed E-state index contributed by atoms with van der Waals surface area (Å²) in [5, 5.41) is 0.605. The first-order chi connectivity index (χ1) is 16.6. The van der Waals surface area contributed by atoms with E-state index in [-0.39, 0.29) is 11.5 Å². The third-order valence-corrected chi connectivity index (χ3v) is 6.23. The van der Waals surface area contributed by atoms with Crippen LogP contribution in [0.3, 0.4) is 0 Å². The molecule has 0 saturated heterocycles. The van der Waals surface area contributed by atoms with Crippen molar-refractivity contribution in [2.24, 2.45) is 0 Å². The number of allylic oxidation sites excluding steroid dienone is 1. The molecule has 0 fully saturated rings. The molecule has 0 bridgehead atoms. The molecule has 0 atom stereocenters. The van der Waals surface area contributed by atoms with Crippen molar-refractivity contribution in [3.05, 3.63) is 87.6 Å². The summed E-state index contributed by atoms with van der Waals surface area (Å²) in [6.45, 7) is 1.87. The van der Waals surface area contributed by atoms with Crippen molar-refractivity contribution in [1.82, 2.24) is 4.90 Å². The maximum Gasteiger partial charge on any atom is 0.231 e. The van der Waals surface area contributed by atoms with Crippen molar-refractivity contribution in [1.29, 1.82) is 0 Å². The summed E-state index contributed by atoms with van der Waals surface area (Å²) in [4.78, 5) is 15.2. The van der Waals surface area contributed by atoms with E-state index in [1.54, 1.807) is 38.5 Å². The van der Waals surface area contributed by atoms with Crippen LogP contribution in [0.1, 0.15) is 27.0 Å². The average Bonchev–Trinajstić information content (AvgIpc) is 3.17. The number of ether oxygens (including phenoxy) is 4. The van der Waals surface area contributed by atoms with E-state index in [0.29, 0.717) is 41.1 Å². The Morgan fingerprint density at radius 1 is 1.06 bits per heavy atom. The van der Waals surface area contributed by atoms with Crippen LogP contribution in [0.2, 0.25) is 5.02 Å². The van der Waals surface area contributed by atoms with Gasteiger partial charge in [-0.1, -0.05) is 29.8 Å². The summed E-state index contributed by atoms with van der Waals surface area (Å²) in [7, 11) is 3.26. The van der Waals surface area contributed by atoms with Gasteiger partial charge in [-0.2, -0.15) is 0 Å². The molecule has 2 aliphatic rings. The second-order valence-electron chi connectivity index (χ2n) is 8.18. The van der Waals surface area contributed by atoms with Crippen LogP contribution in [0.15, 0.2) is 60.4 Å². The highest BCUT2D eigenvalue weighted by Gasteiger charge is 2.33. The summed E-state index contributed by atoms with van der Waals surface area (Å²) >= 11 is 6.08. The number of nitrogens with zero attached hydrogens (tertiary/aromatic N) is 1. The van der Waals surface area contributed by atoms with Gasteiger partial charge in [0.05, 0.1) is 25.3 Å². The zero-order chi connectivity index (χ0) is 23.7. The maximum absolute atomic E-state index is 13.0. The number of hydrogen-bond acceptors (Lipinski definition) is 6. The predicted octanol–water partition coefficient (Wildman–Crippen LogP) is 5.37. The SMILES string of the molecule is COc1ccc(CCN2COc3ccc4c(c3C2)O/C(=C\c2cccc(Cl)c2)C4=O)cc1OC. The summed E-state index contributed by atoms with van der Waals surface area (Å²) in [5.74, 6) is 2.89. The van der Waals surface area contributed by atoms with Gasteiger partial charge in [-0.25, -0.2) is 0 Å². The normalized spacial score (nSPS) is 16.0. The van der Waals surface area contributed by atoms with Gasteiger partial charge >= 0.3 is 0 Å². The molecule has 0 radical (unpaired) electrons. The lowest BCUT2D eigenvalue weighted by Gasteiger charge is -2.29. The van der Waals surface area contributed by atoms with Crippen LogP contribution in [0.5, 0.6) is 23.0 Å². The number of hydrogen-bond donors (Lipinski definition) is 0. The highest BCUT2D eigenvalue weighted by atomic mass is 35.5. The molecular formula is C27H24ClNO5. The lowest BCUT2D eigenvalue weighted by Crippen LogP contribution is -2.33. The van der Waals surface area contributed by atoms with Crippen molar-refractivity contribution >= 4 is 23.5 Å². The van der Waals surface area contributed by atoms with Gasteiger partial charge < -0.3 is 18.9 Å². The number of carbonyl (C=O) groups is 1. The number of fused-ring (bicyclic) bond motifs is 3. The minimum absolute atomic E-state index is 0.139. The van der Waals surface area contributed by atoms with E-state index in [1.165, 1.54) is 0 Å². The number of rotatable bonds is 6. The first-order valence-corrected chi connectivity index (χ1v) is 11.4. The van der Waals surface area contributed by atoms with Gasteiger partial charge in [0.25, 0.3) is 0 Å². The second kappa shape index (κ2) is 9.41. The molecule has 7 heteroatoms. The topological polar surface area (TPSA) is 57.2 Å². The standard InChI is InChI=1S/C27H24ClNO5/c1-31-23-8-6-17(13-24(23)32-2)10-11-29-15-21-22(33-16-29)9-7-20-26(30)25(34-27(20)21)14-18-4-3-5-19(28)12-18/h3-9,12-14H,10-11,15-16H2,1-2H3/b25-14-. The molecule has 5 rings (SSSR count). The molecule has 34 heavy (non-hydrogen) atoms. The molecular weight excluding hydrogens is 454 g/mol. The Bertz CT molecular complexity index is 1290. The van der Waals surface area contributed by atoms with E-state index in [2.05, 4.69) is 4.90 Å². The number of carbonyl (C=O) groups excluding carboxylic acids is 1. The molecule has 0 spiro atoms. The van der Waals surface area contributed by atoms with Crippen LogP contribution in [0.4, 0.5) is 0 Å². The van der Waals surface area contributed by atoms with E-state index in [1.807, 2.05) is 36.4 Å². The molecule has 3 aromatic rings. The Morgan fingerprint density at radius 2 is 1.91 bits per heavy atom. The van der Waals surface area contributed by atoms with E-state index in [9.17, 15) is 4.79 Å². The van der Waals surface area contributed by atoms with E-state index in [0.717, 1.165) is 35.4 Å². The van der Waals surface area contributed by atoms with E-state index < -0.39 is 0 Å². The van der Waals surface area contributed by atoms with Crippen molar-refractivity contribution < 1.29 is 23.7 Å². The number of Topliss-reactive ketones (excluding diaryl/α,β-unsaturated/α-hetero) is 1. The minimum Gasteiger partial charge on any atom is -0.493 e. The minimum atomic E-state index is -0.139. The third-order valence-electron chi connectivity index (χ3n) is 5.99. The van der Waals surface area contributed by atoms with E-state index in [4.69, 9.17) is 30.5 Å². The summed E-state index contributed by atoms with van der Waals surface area (Å²) in [5.41, 5.74) is 3.39. The largest absolute Gasteiger partial charge is 0.493 e. The zero-order valence-electron chi connectivity index (χ0n) is 19.0. The molecule has 174 valence electrons. The zero-order valence-corrected chi connectivity index (χ0v) is 19.7. The third kappa shape index (κ3) is 4.34. The van der Waals surface area contributed by atoms with Crippen LogP contribution in [-0.2, 0) is 13.0 Å². The van der Waals surface area contributed by atoms with Gasteiger partial charge in [0.15, 0.2) is 17.3 Å². The quantitative estimate of drug-likeness (QED) is 0.445. The van der Waals surface area contributed by atoms with Gasteiger partial charge in [0.1, 0.15) is 18.2 Å². The molecule has 3 aromatic carbocycles. The fraction of sp³-hybridized carbons (Fsp3) is 0.222. The van der Waals surface area contributed by atoms with Crippen LogP contribution in [0.25, 0.3) is 6.08 Å².